The van der Waals surface area contributed by atoms with Gasteiger partial charge in [-0.05, 0) is 50.6 Å². The van der Waals surface area contributed by atoms with Crippen LogP contribution in [0.15, 0.2) is 47.4 Å². The highest BCUT2D eigenvalue weighted by atomic mass is 32.2. The molecule has 0 saturated carbocycles. The number of nitrogens with one attached hydrogen (secondary N) is 1. The molecule has 0 bridgehead atoms. The van der Waals surface area contributed by atoms with Crippen molar-refractivity contribution in [2.75, 3.05) is 19.0 Å². The Balaban J connectivity index is 1.94. The molecule has 1 atom stereocenters. The summed E-state index contributed by atoms with van der Waals surface area (Å²) in [4.78, 5) is 23.3. The minimum Gasteiger partial charge on any atom is -0.490 e. The van der Waals surface area contributed by atoms with E-state index in [9.17, 15) is 14.9 Å². The summed E-state index contributed by atoms with van der Waals surface area (Å²) < 4.78 is 11.2. The first-order valence-corrected chi connectivity index (χ1v) is 9.99. The van der Waals surface area contributed by atoms with E-state index in [1.807, 2.05) is 39.0 Å². The molecule has 8 heteroatoms. The molecule has 1 amide bonds. The molecule has 0 radical (unpaired) electrons. The Morgan fingerprint density at radius 1 is 1.11 bits per heavy atom. The number of ether oxygens (including phenoxy) is 2. The van der Waals surface area contributed by atoms with Crippen LogP contribution >= 0.6 is 11.8 Å². The van der Waals surface area contributed by atoms with E-state index in [4.69, 9.17) is 9.47 Å². The Morgan fingerprint density at radius 2 is 1.75 bits per heavy atom. The second kappa shape index (κ2) is 10.6. The van der Waals surface area contributed by atoms with Crippen LogP contribution in [0.3, 0.4) is 0 Å². The van der Waals surface area contributed by atoms with Crippen molar-refractivity contribution in [1.82, 2.24) is 5.32 Å². The summed E-state index contributed by atoms with van der Waals surface area (Å²) in [6.45, 7) is 6.79. The number of nitrogens with zero attached hydrogens (tertiary/aromatic N) is 1. The third-order valence-electron chi connectivity index (χ3n) is 3.86. The number of rotatable bonds is 10. The summed E-state index contributed by atoms with van der Waals surface area (Å²) in [5.74, 6) is 1.43. The maximum absolute atomic E-state index is 12.3. The minimum atomic E-state index is -0.448. The molecule has 0 fully saturated rings. The first kappa shape index (κ1) is 21.6. The SMILES string of the molecule is CCOc1ccc(C(C)NC(=O)CSc2ccc([N+](=O)[O-])cc2)cc1OCC. The number of benzene rings is 2. The molecule has 0 aliphatic rings. The molecule has 0 aromatic heterocycles. The Hall–Kier alpha value is -2.74. The van der Waals surface area contributed by atoms with Gasteiger partial charge in [-0.15, -0.1) is 11.8 Å². The van der Waals surface area contributed by atoms with Crippen LogP contribution in [0.25, 0.3) is 0 Å². The predicted molar refractivity (Wildman–Crippen MR) is 109 cm³/mol. The lowest BCUT2D eigenvalue weighted by atomic mass is 10.1. The van der Waals surface area contributed by atoms with Crippen LogP contribution in [0.4, 0.5) is 5.69 Å². The van der Waals surface area contributed by atoms with Crippen LogP contribution in [0, 0.1) is 10.1 Å². The van der Waals surface area contributed by atoms with Crippen LogP contribution < -0.4 is 14.8 Å². The molecule has 7 nitrogen and oxygen atoms in total. The first-order valence-electron chi connectivity index (χ1n) is 9.00. The van der Waals surface area contributed by atoms with E-state index in [1.54, 1.807) is 12.1 Å². The minimum absolute atomic E-state index is 0.0306. The fourth-order valence-electron chi connectivity index (χ4n) is 2.52. The lowest BCUT2D eigenvalue weighted by Crippen LogP contribution is -2.28. The van der Waals surface area contributed by atoms with Gasteiger partial charge < -0.3 is 14.8 Å². The van der Waals surface area contributed by atoms with Gasteiger partial charge in [-0.2, -0.15) is 0 Å². The van der Waals surface area contributed by atoms with Crippen LogP contribution in [-0.2, 0) is 4.79 Å². The Kier molecular flexibility index (Phi) is 8.13. The van der Waals surface area contributed by atoms with Gasteiger partial charge in [-0.1, -0.05) is 6.07 Å². The number of hydrogen-bond donors (Lipinski definition) is 1. The first-order chi connectivity index (χ1) is 13.4. The summed E-state index contributed by atoms with van der Waals surface area (Å²) in [5, 5.41) is 13.6. The Morgan fingerprint density at radius 3 is 2.36 bits per heavy atom. The summed E-state index contributed by atoms with van der Waals surface area (Å²) in [6.07, 6.45) is 0. The standard InChI is InChI=1S/C20H24N2O5S/c1-4-26-18-11-6-15(12-19(18)27-5-2)14(3)21-20(23)13-28-17-9-7-16(8-10-17)22(24)25/h6-12,14H,4-5,13H2,1-3H3,(H,21,23). The molecule has 1 N–H and O–H groups in total. The van der Waals surface area contributed by atoms with Crippen molar-refractivity contribution in [2.24, 2.45) is 0 Å². The summed E-state index contributed by atoms with van der Waals surface area (Å²) in [7, 11) is 0. The van der Waals surface area contributed by atoms with Gasteiger partial charge in [0, 0.05) is 17.0 Å². The molecule has 2 rings (SSSR count). The largest absolute Gasteiger partial charge is 0.490 e. The fourth-order valence-corrected chi connectivity index (χ4v) is 3.23. The number of amides is 1. The third kappa shape index (κ3) is 6.16. The summed E-state index contributed by atoms with van der Waals surface area (Å²) in [5.41, 5.74) is 0.948. The van der Waals surface area contributed by atoms with E-state index in [0.29, 0.717) is 24.7 Å². The molecule has 0 saturated heterocycles. The van der Waals surface area contributed by atoms with E-state index >= 15 is 0 Å². The van der Waals surface area contributed by atoms with E-state index in [1.165, 1.54) is 23.9 Å². The van der Waals surface area contributed by atoms with Crippen molar-refractivity contribution >= 4 is 23.4 Å². The number of hydrogen-bond acceptors (Lipinski definition) is 6. The van der Waals surface area contributed by atoms with Gasteiger partial charge >= 0.3 is 0 Å². The van der Waals surface area contributed by atoms with Crippen molar-refractivity contribution in [3.05, 3.63) is 58.1 Å². The zero-order valence-electron chi connectivity index (χ0n) is 16.1. The van der Waals surface area contributed by atoms with Crippen molar-refractivity contribution in [2.45, 2.75) is 31.7 Å². The number of nitro benzene ring substituents is 1. The molecule has 150 valence electrons. The zero-order chi connectivity index (χ0) is 20.5. The fraction of sp³-hybridized carbons (Fsp3) is 0.350. The average molecular weight is 404 g/mol. The zero-order valence-corrected chi connectivity index (χ0v) is 17.0. The molecule has 2 aromatic carbocycles. The van der Waals surface area contributed by atoms with Crippen molar-refractivity contribution < 1.29 is 19.2 Å². The smallest absolute Gasteiger partial charge is 0.269 e. The van der Waals surface area contributed by atoms with Crippen molar-refractivity contribution in [3.63, 3.8) is 0 Å². The van der Waals surface area contributed by atoms with Gasteiger partial charge in [0.25, 0.3) is 5.69 Å². The van der Waals surface area contributed by atoms with Gasteiger partial charge in [-0.25, -0.2) is 0 Å². The van der Waals surface area contributed by atoms with Gasteiger partial charge in [0.2, 0.25) is 5.91 Å². The quantitative estimate of drug-likeness (QED) is 0.359. The molecule has 0 spiro atoms. The lowest BCUT2D eigenvalue weighted by Gasteiger charge is -2.17. The molecular formula is C20H24N2O5S. The average Bonchev–Trinajstić information content (AvgIpc) is 2.68. The molecule has 1 unspecified atom stereocenters. The highest BCUT2D eigenvalue weighted by Crippen LogP contribution is 2.31. The maximum atomic E-state index is 12.3. The third-order valence-corrected chi connectivity index (χ3v) is 4.87. The lowest BCUT2D eigenvalue weighted by molar-refractivity contribution is -0.384. The highest BCUT2D eigenvalue weighted by molar-refractivity contribution is 8.00. The molecule has 2 aromatic rings. The normalized spacial score (nSPS) is 11.5. The van der Waals surface area contributed by atoms with E-state index in [2.05, 4.69) is 5.32 Å². The molecule has 28 heavy (non-hydrogen) atoms. The van der Waals surface area contributed by atoms with Crippen molar-refractivity contribution in [1.29, 1.82) is 0 Å². The predicted octanol–water partition coefficient (Wildman–Crippen LogP) is 4.36. The van der Waals surface area contributed by atoms with E-state index in [-0.39, 0.29) is 23.4 Å². The molecule has 0 heterocycles. The highest BCUT2D eigenvalue weighted by Gasteiger charge is 2.14. The van der Waals surface area contributed by atoms with Gasteiger partial charge in [-0.3, -0.25) is 14.9 Å². The number of thioether (sulfide) groups is 1. The van der Waals surface area contributed by atoms with E-state index in [0.717, 1.165) is 10.5 Å². The summed E-state index contributed by atoms with van der Waals surface area (Å²) in [6, 6.07) is 11.6. The van der Waals surface area contributed by atoms with E-state index < -0.39 is 4.92 Å². The van der Waals surface area contributed by atoms with Crippen LogP contribution in [0.1, 0.15) is 32.4 Å². The van der Waals surface area contributed by atoms with Crippen LogP contribution in [0.2, 0.25) is 0 Å². The van der Waals surface area contributed by atoms with Gasteiger partial charge in [0.15, 0.2) is 11.5 Å². The molecule has 0 aliphatic heterocycles. The summed E-state index contributed by atoms with van der Waals surface area (Å²) >= 11 is 1.33. The Labute approximate surface area is 168 Å². The molecule has 0 aliphatic carbocycles. The number of nitro groups is 1. The Bertz CT molecular complexity index is 811. The maximum Gasteiger partial charge on any atom is 0.269 e. The monoisotopic (exact) mass is 404 g/mol. The van der Waals surface area contributed by atoms with Gasteiger partial charge in [0.1, 0.15) is 0 Å². The second-order valence-corrected chi connectivity index (χ2v) is 6.95. The molecular weight excluding hydrogens is 380 g/mol. The van der Waals surface area contributed by atoms with Crippen molar-refractivity contribution in [3.8, 4) is 11.5 Å². The number of carbonyl (C=O) groups excluding carboxylic acids is 1. The number of non-ortho nitro benzene ring substituents is 1. The van der Waals surface area contributed by atoms with Crippen LogP contribution in [-0.4, -0.2) is 29.8 Å². The van der Waals surface area contributed by atoms with Gasteiger partial charge in [0.05, 0.1) is 29.9 Å². The van der Waals surface area contributed by atoms with Crippen LogP contribution in [0.5, 0.6) is 11.5 Å². The second-order valence-electron chi connectivity index (χ2n) is 5.90. The number of carbonyl (C=O) groups is 1. The topological polar surface area (TPSA) is 90.7 Å².